The van der Waals surface area contributed by atoms with Crippen LogP contribution in [0.5, 0.6) is 0 Å². The van der Waals surface area contributed by atoms with E-state index in [2.05, 4.69) is 0 Å². The highest BCUT2D eigenvalue weighted by Crippen LogP contribution is 2.31. The number of nitrogens with zero attached hydrogens (tertiary/aromatic N) is 2. The molecule has 1 aromatic carbocycles. The van der Waals surface area contributed by atoms with Crippen molar-refractivity contribution in [3.05, 3.63) is 50.6 Å². The van der Waals surface area contributed by atoms with Crippen molar-refractivity contribution in [1.29, 1.82) is 0 Å². The fourth-order valence-electron chi connectivity index (χ4n) is 2.97. The monoisotopic (exact) mass is 460 g/mol. The molecule has 1 aromatic heterocycles. The number of piperazine rings is 1. The van der Waals surface area contributed by atoms with Crippen molar-refractivity contribution in [2.24, 2.45) is 0 Å². The third-order valence-electron chi connectivity index (χ3n) is 4.47. The first-order valence-corrected chi connectivity index (χ1v) is 11.7. The van der Waals surface area contributed by atoms with Crippen LogP contribution in [0, 0.1) is 0 Å². The Kier molecular flexibility index (Phi) is 6.77. The molecule has 2 aromatic rings. The summed E-state index contributed by atoms with van der Waals surface area (Å²) < 4.78 is 27.0. The van der Waals surface area contributed by atoms with Gasteiger partial charge < -0.3 is 4.90 Å². The zero-order valence-corrected chi connectivity index (χ0v) is 18.0. The van der Waals surface area contributed by atoms with Gasteiger partial charge in [0.15, 0.2) is 5.78 Å². The highest BCUT2D eigenvalue weighted by Gasteiger charge is 2.33. The molecule has 0 saturated carbocycles. The maximum Gasteiger partial charge on any atom is 0.246 e. The van der Waals surface area contributed by atoms with Crippen LogP contribution in [0.25, 0.3) is 0 Å². The molecule has 0 bridgehead atoms. The van der Waals surface area contributed by atoms with E-state index in [0.717, 1.165) is 0 Å². The number of hydrogen-bond acceptors (Lipinski definition) is 5. The smallest absolute Gasteiger partial charge is 0.246 e. The van der Waals surface area contributed by atoms with Gasteiger partial charge in [0.1, 0.15) is 4.90 Å². The molecule has 1 fully saturated rings. The van der Waals surface area contributed by atoms with Crippen LogP contribution in [0.3, 0.4) is 0 Å². The Morgan fingerprint density at radius 2 is 1.61 bits per heavy atom. The van der Waals surface area contributed by atoms with Gasteiger partial charge in [0.2, 0.25) is 15.9 Å². The first kappa shape index (κ1) is 21.3. The van der Waals surface area contributed by atoms with Crippen LogP contribution in [0.4, 0.5) is 0 Å². The van der Waals surface area contributed by atoms with E-state index in [-0.39, 0.29) is 65.7 Å². The number of hydrogen-bond donors (Lipinski definition) is 0. The molecule has 2 heterocycles. The predicted octanol–water partition coefficient (Wildman–Crippen LogP) is 3.55. The largest absolute Gasteiger partial charge is 0.340 e. The summed E-state index contributed by atoms with van der Waals surface area (Å²) >= 11 is 13.4. The third-order valence-corrected chi connectivity index (χ3v) is 8.24. The maximum atomic E-state index is 12.9. The van der Waals surface area contributed by atoms with Crippen molar-refractivity contribution < 1.29 is 18.0 Å². The van der Waals surface area contributed by atoms with Crippen LogP contribution in [-0.4, -0.2) is 55.5 Å². The van der Waals surface area contributed by atoms with Crippen LogP contribution in [-0.2, 0) is 14.8 Å². The van der Waals surface area contributed by atoms with E-state index in [9.17, 15) is 18.0 Å². The van der Waals surface area contributed by atoms with E-state index < -0.39 is 10.0 Å². The molecule has 0 spiro atoms. The zero-order chi connectivity index (χ0) is 20.3. The van der Waals surface area contributed by atoms with Gasteiger partial charge in [0, 0.05) is 39.0 Å². The molecule has 1 aliphatic heterocycles. The lowest BCUT2D eigenvalue weighted by Gasteiger charge is -2.34. The minimum atomic E-state index is -3.85. The van der Waals surface area contributed by atoms with E-state index in [1.807, 2.05) is 5.38 Å². The van der Waals surface area contributed by atoms with Gasteiger partial charge in [0.25, 0.3) is 0 Å². The van der Waals surface area contributed by atoms with Gasteiger partial charge in [0.05, 0.1) is 14.9 Å². The van der Waals surface area contributed by atoms with Crippen molar-refractivity contribution in [1.82, 2.24) is 9.21 Å². The van der Waals surface area contributed by atoms with Gasteiger partial charge >= 0.3 is 0 Å². The molecule has 28 heavy (non-hydrogen) atoms. The molecule has 1 saturated heterocycles. The molecule has 0 N–H and O–H groups in total. The van der Waals surface area contributed by atoms with Crippen molar-refractivity contribution in [2.75, 3.05) is 26.2 Å². The topological polar surface area (TPSA) is 74.8 Å². The lowest BCUT2D eigenvalue weighted by Crippen LogP contribution is -2.50. The summed E-state index contributed by atoms with van der Waals surface area (Å²) in [6.07, 6.45) is 0.257. The number of sulfonamides is 1. The van der Waals surface area contributed by atoms with Crippen LogP contribution in [0.2, 0.25) is 10.0 Å². The number of Topliss-reactive ketones (excluding diaryl/α,β-unsaturated/α-hetero) is 1. The second-order valence-electron chi connectivity index (χ2n) is 6.24. The molecule has 3 rings (SSSR count). The van der Waals surface area contributed by atoms with Crippen molar-refractivity contribution in [3.63, 3.8) is 0 Å². The van der Waals surface area contributed by atoms with Crippen LogP contribution < -0.4 is 0 Å². The summed E-state index contributed by atoms with van der Waals surface area (Å²) in [6, 6.07) is 8.07. The number of ketones is 1. The highest BCUT2D eigenvalue weighted by molar-refractivity contribution is 7.89. The number of amides is 1. The number of benzene rings is 1. The Bertz CT molecular complexity index is 949. The van der Waals surface area contributed by atoms with E-state index in [1.165, 1.54) is 27.8 Å². The number of carbonyl (C=O) groups excluding carboxylic acids is 2. The fourth-order valence-corrected chi connectivity index (χ4v) is 6.18. The van der Waals surface area contributed by atoms with Crippen molar-refractivity contribution >= 4 is 56.3 Å². The van der Waals surface area contributed by atoms with Gasteiger partial charge in [-0.05, 0) is 23.6 Å². The summed E-state index contributed by atoms with van der Waals surface area (Å²) in [7, 11) is -3.85. The predicted molar refractivity (Wildman–Crippen MR) is 110 cm³/mol. The number of halogens is 2. The molecule has 0 aliphatic carbocycles. The molecule has 0 unspecified atom stereocenters. The van der Waals surface area contributed by atoms with Gasteiger partial charge in [-0.15, -0.1) is 11.3 Å². The molecule has 1 aliphatic rings. The quantitative estimate of drug-likeness (QED) is 0.617. The zero-order valence-electron chi connectivity index (χ0n) is 14.8. The second-order valence-corrected chi connectivity index (χ2v) is 9.87. The summed E-state index contributed by atoms with van der Waals surface area (Å²) in [5.74, 6) is -0.212. The molecule has 6 nitrogen and oxygen atoms in total. The number of thiophene rings is 1. The molecule has 0 atom stereocenters. The molecule has 1 amide bonds. The highest BCUT2D eigenvalue weighted by atomic mass is 35.5. The fraction of sp³-hybridized carbons (Fsp3) is 0.333. The summed E-state index contributed by atoms with van der Waals surface area (Å²) in [4.78, 5) is 26.5. The van der Waals surface area contributed by atoms with Crippen molar-refractivity contribution in [3.8, 4) is 0 Å². The summed E-state index contributed by atoms with van der Waals surface area (Å²) in [5.41, 5.74) is 0. The lowest BCUT2D eigenvalue weighted by molar-refractivity contribution is -0.132. The average molecular weight is 461 g/mol. The Morgan fingerprint density at radius 3 is 2.18 bits per heavy atom. The van der Waals surface area contributed by atoms with Gasteiger partial charge in [-0.1, -0.05) is 35.3 Å². The van der Waals surface area contributed by atoms with E-state index in [0.29, 0.717) is 4.88 Å². The van der Waals surface area contributed by atoms with Crippen LogP contribution in [0.1, 0.15) is 22.5 Å². The number of rotatable bonds is 6. The Morgan fingerprint density at radius 1 is 0.964 bits per heavy atom. The van der Waals surface area contributed by atoms with Gasteiger partial charge in [-0.3, -0.25) is 9.59 Å². The van der Waals surface area contributed by atoms with E-state index in [1.54, 1.807) is 23.1 Å². The minimum Gasteiger partial charge on any atom is -0.340 e. The third kappa shape index (κ3) is 4.58. The van der Waals surface area contributed by atoms with E-state index >= 15 is 0 Å². The van der Waals surface area contributed by atoms with Gasteiger partial charge in [-0.2, -0.15) is 4.31 Å². The maximum absolute atomic E-state index is 12.9. The number of carbonyl (C=O) groups is 2. The Balaban J connectivity index is 1.58. The molecule has 0 radical (unpaired) electrons. The molecular formula is C18H18Cl2N2O4S2. The summed E-state index contributed by atoms with van der Waals surface area (Å²) in [5, 5.41) is 1.95. The molecule has 150 valence electrons. The Labute approximate surface area is 177 Å². The first-order chi connectivity index (χ1) is 13.3. The standard InChI is InChI=1S/C18H18Cl2N2O4S2/c19-13-3-1-4-14(20)18(13)28(25,26)22-10-8-21(9-11-22)17(24)7-6-15(23)16-5-2-12-27-16/h1-5,12H,6-11H2. The van der Waals surface area contributed by atoms with Crippen molar-refractivity contribution in [2.45, 2.75) is 17.7 Å². The van der Waals surface area contributed by atoms with Crippen LogP contribution in [0.15, 0.2) is 40.6 Å². The first-order valence-electron chi connectivity index (χ1n) is 8.59. The minimum absolute atomic E-state index is 0.0575. The van der Waals surface area contributed by atoms with Gasteiger partial charge in [-0.25, -0.2) is 8.42 Å². The SMILES string of the molecule is O=C(CCC(=O)N1CCN(S(=O)(=O)c2c(Cl)cccc2Cl)CC1)c1cccs1. The average Bonchev–Trinajstić information content (AvgIpc) is 3.20. The van der Waals surface area contributed by atoms with Crippen LogP contribution >= 0.6 is 34.5 Å². The second kappa shape index (κ2) is 8.92. The normalized spacial score (nSPS) is 15.6. The molecule has 10 heteroatoms. The van der Waals surface area contributed by atoms with E-state index in [4.69, 9.17) is 23.2 Å². The lowest BCUT2D eigenvalue weighted by atomic mass is 10.1. The molecular weight excluding hydrogens is 443 g/mol. The Hall–Kier alpha value is -1.45. The summed E-state index contributed by atoms with van der Waals surface area (Å²) in [6.45, 7) is 0.809.